The molecule has 3 nitrogen and oxygen atoms in total. The number of hydrogen-bond acceptors (Lipinski definition) is 3. The highest BCUT2D eigenvalue weighted by molar-refractivity contribution is 5.36. The molecule has 2 rings (SSSR count). The molecule has 1 aromatic carbocycles. The van der Waals surface area contributed by atoms with Crippen LogP contribution < -0.4 is 10.1 Å². The van der Waals surface area contributed by atoms with Gasteiger partial charge in [-0.25, -0.2) is 4.39 Å². The second-order valence-corrected chi connectivity index (χ2v) is 4.67. The molecule has 0 saturated carbocycles. The third kappa shape index (κ3) is 3.14. The van der Waals surface area contributed by atoms with Crippen LogP contribution in [0.2, 0.25) is 0 Å². The minimum Gasteiger partial charge on any atom is -0.495 e. The summed E-state index contributed by atoms with van der Waals surface area (Å²) in [6.07, 6.45) is 3.37. The molecule has 4 heteroatoms. The second-order valence-electron chi connectivity index (χ2n) is 4.67. The topological polar surface area (TPSA) is 34.2 Å². The molecule has 1 N–H and O–H groups in total. The molecular weight excluding hydrogens is 255 g/mol. The normalized spacial score (nSPS) is 12.2. The molecule has 0 fully saturated rings. The molecule has 0 aliphatic carbocycles. The smallest absolute Gasteiger partial charge is 0.137 e. The maximum atomic E-state index is 14.1. The number of aryl methyl sites for hydroxylation is 1. The Bertz CT molecular complexity index is 586. The molecule has 0 saturated heterocycles. The number of aromatic nitrogens is 1. The number of halogens is 1. The Hall–Kier alpha value is -1.94. The van der Waals surface area contributed by atoms with Crippen LogP contribution in [-0.4, -0.2) is 18.6 Å². The van der Waals surface area contributed by atoms with E-state index in [2.05, 4.69) is 10.3 Å². The molecular formula is C16H19FN2O. The Kier molecular flexibility index (Phi) is 4.69. The first-order valence-electron chi connectivity index (χ1n) is 6.64. The van der Waals surface area contributed by atoms with Gasteiger partial charge >= 0.3 is 0 Å². The molecule has 0 radical (unpaired) electrons. The highest BCUT2D eigenvalue weighted by Gasteiger charge is 2.18. The summed E-state index contributed by atoms with van der Waals surface area (Å²) in [5.41, 5.74) is 2.54. The Balaban J connectivity index is 2.46. The average Bonchev–Trinajstić information content (AvgIpc) is 2.47. The van der Waals surface area contributed by atoms with E-state index in [9.17, 15) is 4.39 Å². The van der Waals surface area contributed by atoms with Gasteiger partial charge in [-0.2, -0.15) is 0 Å². The standard InChI is InChI=1S/C16H19FN2O/c1-4-19-16(12-8-13(20-3)10-18-9-12)14-7-11(2)5-6-15(14)17/h5-10,16,19H,4H2,1-3H3. The lowest BCUT2D eigenvalue weighted by molar-refractivity contribution is 0.411. The van der Waals surface area contributed by atoms with Crippen molar-refractivity contribution in [3.63, 3.8) is 0 Å². The molecule has 0 bridgehead atoms. The summed E-state index contributed by atoms with van der Waals surface area (Å²) in [6.45, 7) is 4.68. The monoisotopic (exact) mass is 274 g/mol. The minimum atomic E-state index is -0.234. The highest BCUT2D eigenvalue weighted by Crippen LogP contribution is 2.27. The van der Waals surface area contributed by atoms with Crippen molar-refractivity contribution in [2.45, 2.75) is 19.9 Å². The summed E-state index contributed by atoms with van der Waals surface area (Å²) in [6, 6.07) is 6.78. The first-order chi connectivity index (χ1) is 9.65. The van der Waals surface area contributed by atoms with Crippen LogP contribution in [0.15, 0.2) is 36.7 Å². The zero-order valence-electron chi connectivity index (χ0n) is 12.0. The van der Waals surface area contributed by atoms with Gasteiger partial charge in [-0.1, -0.05) is 24.6 Å². The molecule has 20 heavy (non-hydrogen) atoms. The Morgan fingerprint density at radius 2 is 2.10 bits per heavy atom. The van der Waals surface area contributed by atoms with Crippen LogP contribution in [0.3, 0.4) is 0 Å². The van der Waals surface area contributed by atoms with E-state index in [1.165, 1.54) is 6.07 Å². The van der Waals surface area contributed by atoms with Gasteiger partial charge in [0.05, 0.1) is 19.3 Å². The van der Waals surface area contributed by atoms with Gasteiger partial charge < -0.3 is 10.1 Å². The highest BCUT2D eigenvalue weighted by atomic mass is 19.1. The molecule has 1 heterocycles. The minimum absolute atomic E-state index is 0.218. The third-order valence-corrected chi connectivity index (χ3v) is 3.17. The predicted molar refractivity (Wildman–Crippen MR) is 77.4 cm³/mol. The lowest BCUT2D eigenvalue weighted by atomic mass is 9.98. The van der Waals surface area contributed by atoms with E-state index < -0.39 is 0 Å². The third-order valence-electron chi connectivity index (χ3n) is 3.17. The van der Waals surface area contributed by atoms with Gasteiger partial charge in [-0.05, 0) is 31.2 Å². The zero-order valence-corrected chi connectivity index (χ0v) is 12.0. The van der Waals surface area contributed by atoms with Crippen LogP contribution in [0, 0.1) is 12.7 Å². The van der Waals surface area contributed by atoms with E-state index in [-0.39, 0.29) is 11.9 Å². The number of benzene rings is 1. The number of rotatable bonds is 5. The molecule has 0 aliphatic rings. The number of pyridine rings is 1. The van der Waals surface area contributed by atoms with Crippen LogP contribution >= 0.6 is 0 Å². The molecule has 1 atom stereocenters. The van der Waals surface area contributed by atoms with E-state index in [1.807, 2.05) is 26.0 Å². The lowest BCUT2D eigenvalue weighted by Gasteiger charge is -2.20. The number of hydrogen-bond donors (Lipinski definition) is 1. The number of ether oxygens (including phenoxy) is 1. The molecule has 1 aromatic heterocycles. The fourth-order valence-electron chi connectivity index (χ4n) is 2.20. The quantitative estimate of drug-likeness (QED) is 0.909. The molecule has 0 aliphatic heterocycles. The van der Waals surface area contributed by atoms with Gasteiger partial charge in [-0.3, -0.25) is 4.98 Å². The maximum absolute atomic E-state index is 14.1. The molecule has 0 amide bonds. The van der Waals surface area contributed by atoms with Crippen LogP contribution in [-0.2, 0) is 0 Å². The van der Waals surface area contributed by atoms with Crippen molar-refractivity contribution >= 4 is 0 Å². The predicted octanol–water partition coefficient (Wildman–Crippen LogP) is 3.24. The Morgan fingerprint density at radius 1 is 1.30 bits per heavy atom. The maximum Gasteiger partial charge on any atom is 0.137 e. The fourth-order valence-corrected chi connectivity index (χ4v) is 2.20. The van der Waals surface area contributed by atoms with E-state index in [0.717, 1.165) is 17.7 Å². The average molecular weight is 274 g/mol. The number of methoxy groups -OCH3 is 1. The molecule has 0 spiro atoms. The molecule has 1 unspecified atom stereocenters. The van der Waals surface area contributed by atoms with Crippen LogP contribution in [0.25, 0.3) is 0 Å². The van der Waals surface area contributed by atoms with Crippen molar-refractivity contribution in [1.82, 2.24) is 10.3 Å². The summed E-state index contributed by atoms with van der Waals surface area (Å²) in [7, 11) is 1.59. The lowest BCUT2D eigenvalue weighted by Crippen LogP contribution is -2.23. The van der Waals surface area contributed by atoms with Crippen molar-refractivity contribution in [1.29, 1.82) is 0 Å². The summed E-state index contributed by atoms with van der Waals surface area (Å²) in [5.74, 6) is 0.447. The van der Waals surface area contributed by atoms with E-state index in [4.69, 9.17) is 4.74 Å². The van der Waals surface area contributed by atoms with E-state index in [0.29, 0.717) is 11.3 Å². The SMILES string of the molecule is CCNC(c1cncc(OC)c1)c1cc(C)ccc1F. The van der Waals surface area contributed by atoms with Gasteiger partial charge in [0.2, 0.25) is 0 Å². The van der Waals surface area contributed by atoms with E-state index >= 15 is 0 Å². The first kappa shape index (κ1) is 14.5. The second kappa shape index (κ2) is 6.48. The summed E-state index contributed by atoms with van der Waals surface area (Å²) >= 11 is 0. The largest absolute Gasteiger partial charge is 0.495 e. The van der Waals surface area contributed by atoms with Crippen molar-refractivity contribution in [3.05, 3.63) is 59.2 Å². The fraction of sp³-hybridized carbons (Fsp3) is 0.312. The van der Waals surface area contributed by atoms with Gasteiger partial charge in [-0.15, -0.1) is 0 Å². The molecule has 2 aromatic rings. The van der Waals surface area contributed by atoms with Crippen LogP contribution in [0.1, 0.15) is 29.7 Å². The van der Waals surface area contributed by atoms with Crippen molar-refractivity contribution in [2.75, 3.05) is 13.7 Å². The summed E-state index contributed by atoms with van der Waals surface area (Å²) in [4.78, 5) is 4.15. The van der Waals surface area contributed by atoms with Crippen molar-refractivity contribution < 1.29 is 9.13 Å². The molecule has 106 valence electrons. The Labute approximate surface area is 118 Å². The van der Waals surface area contributed by atoms with Gasteiger partial charge in [0.1, 0.15) is 11.6 Å². The summed E-state index contributed by atoms with van der Waals surface area (Å²) < 4.78 is 19.3. The van der Waals surface area contributed by atoms with Gasteiger partial charge in [0.15, 0.2) is 0 Å². The number of nitrogens with zero attached hydrogens (tertiary/aromatic N) is 1. The van der Waals surface area contributed by atoms with Gasteiger partial charge in [0, 0.05) is 11.8 Å². The van der Waals surface area contributed by atoms with Gasteiger partial charge in [0.25, 0.3) is 0 Å². The zero-order chi connectivity index (χ0) is 14.5. The Morgan fingerprint density at radius 3 is 2.80 bits per heavy atom. The van der Waals surface area contributed by atoms with Crippen molar-refractivity contribution in [2.24, 2.45) is 0 Å². The van der Waals surface area contributed by atoms with Crippen LogP contribution in [0.5, 0.6) is 5.75 Å². The first-order valence-corrected chi connectivity index (χ1v) is 6.64. The number of nitrogens with one attached hydrogen (secondary N) is 1. The van der Waals surface area contributed by atoms with Crippen LogP contribution in [0.4, 0.5) is 4.39 Å². The van der Waals surface area contributed by atoms with E-state index in [1.54, 1.807) is 25.6 Å². The summed E-state index contributed by atoms with van der Waals surface area (Å²) in [5, 5.41) is 3.30. The van der Waals surface area contributed by atoms with Crippen molar-refractivity contribution in [3.8, 4) is 5.75 Å².